The van der Waals surface area contributed by atoms with Gasteiger partial charge in [-0.3, -0.25) is 4.79 Å². The van der Waals surface area contributed by atoms with Gasteiger partial charge in [0.15, 0.2) is 5.76 Å². The van der Waals surface area contributed by atoms with Crippen LogP contribution < -0.4 is 0 Å². The first-order valence-electron chi connectivity index (χ1n) is 7.89. The number of hydrogen-bond acceptors (Lipinski definition) is 6. The minimum atomic E-state index is -5.16. The summed E-state index contributed by atoms with van der Waals surface area (Å²) in [6.45, 7) is 1.53. The van der Waals surface area contributed by atoms with E-state index in [1.807, 2.05) is 0 Å². The van der Waals surface area contributed by atoms with E-state index in [0.717, 1.165) is 6.20 Å². The summed E-state index contributed by atoms with van der Waals surface area (Å²) in [4.78, 5) is 25.6. The van der Waals surface area contributed by atoms with Crippen molar-refractivity contribution in [3.63, 3.8) is 0 Å². The number of rotatable bonds is 6. The van der Waals surface area contributed by atoms with Crippen molar-refractivity contribution in [2.45, 2.75) is 13.1 Å². The second kappa shape index (κ2) is 8.07. The third kappa shape index (κ3) is 4.55. The van der Waals surface area contributed by atoms with Crippen LogP contribution in [0.5, 0.6) is 0 Å². The lowest BCUT2D eigenvalue weighted by Crippen LogP contribution is -2.25. The predicted molar refractivity (Wildman–Crippen MR) is 90.6 cm³/mol. The van der Waals surface area contributed by atoms with Crippen molar-refractivity contribution in [2.24, 2.45) is 0 Å². The molecule has 2 rings (SSSR count). The third-order valence-electron chi connectivity index (χ3n) is 3.35. The van der Waals surface area contributed by atoms with Gasteiger partial charge < -0.3 is 14.2 Å². The number of Topliss-reactive ketones (excluding diaryl/α,β-unsaturated/α-hetero) is 1. The van der Waals surface area contributed by atoms with Crippen LogP contribution in [0.15, 0.2) is 41.1 Å². The lowest BCUT2D eigenvalue weighted by molar-refractivity contribution is -0.164. The van der Waals surface area contributed by atoms with E-state index in [1.54, 1.807) is 37.3 Å². The summed E-state index contributed by atoms with van der Waals surface area (Å²) in [5.41, 5.74) is -0.762. The normalized spacial score (nSPS) is 12.0. The number of benzene rings is 1. The van der Waals surface area contributed by atoms with Crippen molar-refractivity contribution in [1.82, 2.24) is 10.1 Å². The zero-order valence-corrected chi connectivity index (χ0v) is 14.8. The van der Waals surface area contributed by atoms with E-state index >= 15 is 0 Å². The summed E-state index contributed by atoms with van der Waals surface area (Å²) < 4.78 is 49.1. The van der Waals surface area contributed by atoms with Crippen molar-refractivity contribution < 1.29 is 32.0 Å². The van der Waals surface area contributed by atoms with Crippen LogP contribution in [0, 0.1) is 0 Å². The van der Waals surface area contributed by atoms with Crippen LogP contribution in [0.2, 0.25) is 0 Å². The number of allylic oxidation sites excluding steroid dienone is 1. The molecule has 0 atom stereocenters. The van der Waals surface area contributed by atoms with E-state index < -0.39 is 29.3 Å². The summed E-state index contributed by atoms with van der Waals surface area (Å²) in [6, 6.07) is 8.25. The van der Waals surface area contributed by atoms with E-state index in [2.05, 4.69) is 5.16 Å². The summed E-state index contributed by atoms with van der Waals surface area (Å²) >= 11 is 0. The highest BCUT2D eigenvalue weighted by Gasteiger charge is 2.44. The van der Waals surface area contributed by atoms with Crippen LogP contribution >= 0.6 is 0 Å². The highest BCUT2D eigenvalue weighted by Crippen LogP contribution is 2.34. The molecule has 2 aromatic rings. The van der Waals surface area contributed by atoms with Gasteiger partial charge in [-0.15, -0.1) is 0 Å². The maximum atomic E-state index is 13.1. The van der Waals surface area contributed by atoms with Crippen molar-refractivity contribution in [2.75, 3.05) is 20.7 Å². The lowest BCUT2D eigenvalue weighted by Gasteiger charge is -2.12. The first-order chi connectivity index (χ1) is 12.7. The molecule has 0 amide bonds. The number of esters is 1. The standard InChI is InChI=1S/C18H17F3N2O4/c1-4-26-17(25)13-14(11-8-6-5-7-9-11)22-27-15(13)12(10-23(2)3)16(24)18(19,20)21/h5-10H,4H2,1-3H3. The Morgan fingerprint density at radius 1 is 1.22 bits per heavy atom. The Hall–Kier alpha value is -3.10. The molecule has 1 heterocycles. The van der Waals surface area contributed by atoms with Gasteiger partial charge in [0.2, 0.25) is 0 Å². The molecule has 0 aliphatic heterocycles. The van der Waals surface area contributed by atoms with Gasteiger partial charge in [-0.1, -0.05) is 35.5 Å². The smallest absolute Gasteiger partial charge is 0.455 e. The molecule has 1 aromatic carbocycles. The molecule has 0 aliphatic carbocycles. The maximum Gasteiger partial charge on any atom is 0.455 e. The van der Waals surface area contributed by atoms with E-state index in [9.17, 15) is 22.8 Å². The van der Waals surface area contributed by atoms with Gasteiger partial charge in [0.1, 0.15) is 11.3 Å². The van der Waals surface area contributed by atoms with Crippen LogP contribution in [0.4, 0.5) is 13.2 Å². The van der Waals surface area contributed by atoms with Gasteiger partial charge in [-0.25, -0.2) is 4.79 Å². The molecule has 0 unspecified atom stereocenters. The van der Waals surface area contributed by atoms with Gasteiger partial charge in [0.25, 0.3) is 5.78 Å². The number of ketones is 1. The Kier molecular flexibility index (Phi) is 6.04. The molecule has 0 aliphatic rings. The fraction of sp³-hybridized carbons (Fsp3) is 0.278. The number of carbonyl (C=O) groups is 2. The Balaban J connectivity index is 2.72. The van der Waals surface area contributed by atoms with Gasteiger partial charge in [-0.2, -0.15) is 13.2 Å². The molecule has 9 heteroatoms. The quantitative estimate of drug-likeness (QED) is 0.562. The lowest BCUT2D eigenvalue weighted by atomic mass is 10.0. The number of hydrogen-bond donors (Lipinski definition) is 0. The van der Waals surface area contributed by atoms with Crippen LogP contribution in [0.1, 0.15) is 23.0 Å². The number of nitrogens with zero attached hydrogens (tertiary/aromatic N) is 2. The molecule has 0 saturated heterocycles. The summed E-state index contributed by atoms with van der Waals surface area (Å²) in [5.74, 6) is -3.69. The predicted octanol–water partition coefficient (Wildman–Crippen LogP) is 3.55. The number of carbonyl (C=O) groups excluding carboxylic acids is 2. The fourth-order valence-corrected chi connectivity index (χ4v) is 2.29. The molecular formula is C18H17F3N2O4. The van der Waals surface area contributed by atoms with Gasteiger partial charge >= 0.3 is 12.1 Å². The summed E-state index contributed by atoms with van der Waals surface area (Å²) in [6.07, 6.45) is -4.23. The van der Waals surface area contributed by atoms with E-state index in [0.29, 0.717) is 5.56 Å². The van der Waals surface area contributed by atoms with E-state index in [-0.39, 0.29) is 17.9 Å². The van der Waals surface area contributed by atoms with Crippen molar-refractivity contribution >= 4 is 17.3 Å². The molecule has 0 fully saturated rings. The number of halogens is 3. The molecule has 0 bridgehead atoms. The van der Waals surface area contributed by atoms with Crippen LogP contribution in [-0.4, -0.2) is 48.7 Å². The zero-order valence-electron chi connectivity index (χ0n) is 14.8. The van der Waals surface area contributed by atoms with Gasteiger partial charge in [0, 0.05) is 25.9 Å². The Morgan fingerprint density at radius 3 is 2.37 bits per heavy atom. The topological polar surface area (TPSA) is 72.6 Å². The molecule has 1 aromatic heterocycles. The molecule has 0 saturated carbocycles. The average molecular weight is 382 g/mol. The first-order valence-corrected chi connectivity index (χ1v) is 7.89. The Morgan fingerprint density at radius 2 is 1.85 bits per heavy atom. The highest BCUT2D eigenvalue weighted by molar-refractivity contribution is 6.24. The SMILES string of the molecule is CCOC(=O)c1c(-c2ccccc2)noc1C(=CN(C)C)C(=O)C(F)(F)F. The highest BCUT2D eigenvalue weighted by atomic mass is 19.4. The van der Waals surface area contributed by atoms with Crippen LogP contribution in [-0.2, 0) is 9.53 Å². The molecular weight excluding hydrogens is 365 g/mol. The first kappa shape index (κ1) is 20.2. The Bertz CT molecular complexity index is 855. The van der Waals surface area contributed by atoms with E-state index in [4.69, 9.17) is 9.26 Å². The summed E-state index contributed by atoms with van der Waals surface area (Å²) in [7, 11) is 2.87. The number of alkyl halides is 3. The molecule has 27 heavy (non-hydrogen) atoms. The number of aromatic nitrogens is 1. The molecule has 0 spiro atoms. The Labute approximate surface area is 153 Å². The largest absolute Gasteiger partial charge is 0.462 e. The second-order valence-corrected chi connectivity index (χ2v) is 5.66. The third-order valence-corrected chi connectivity index (χ3v) is 3.35. The van der Waals surface area contributed by atoms with Crippen LogP contribution in [0.25, 0.3) is 16.8 Å². The summed E-state index contributed by atoms with van der Waals surface area (Å²) in [5, 5.41) is 3.73. The van der Waals surface area contributed by atoms with E-state index in [1.165, 1.54) is 19.0 Å². The van der Waals surface area contributed by atoms with Crippen molar-refractivity contribution in [3.8, 4) is 11.3 Å². The van der Waals surface area contributed by atoms with Crippen molar-refractivity contribution in [3.05, 3.63) is 47.9 Å². The molecule has 6 nitrogen and oxygen atoms in total. The maximum absolute atomic E-state index is 13.1. The van der Waals surface area contributed by atoms with Crippen molar-refractivity contribution in [1.29, 1.82) is 0 Å². The molecule has 0 radical (unpaired) electrons. The van der Waals surface area contributed by atoms with Gasteiger partial charge in [-0.05, 0) is 6.92 Å². The zero-order chi connectivity index (χ0) is 20.2. The second-order valence-electron chi connectivity index (χ2n) is 5.66. The number of ether oxygens (including phenoxy) is 1. The van der Waals surface area contributed by atoms with Crippen LogP contribution in [0.3, 0.4) is 0 Å². The monoisotopic (exact) mass is 382 g/mol. The molecule has 144 valence electrons. The van der Waals surface area contributed by atoms with Gasteiger partial charge in [0.05, 0.1) is 12.2 Å². The average Bonchev–Trinajstić information content (AvgIpc) is 3.04. The fourth-order valence-electron chi connectivity index (χ4n) is 2.29. The minimum absolute atomic E-state index is 0.0105. The molecule has 0 N–H and O–H groups in total. The minimum Gasteiger partial charge on any atom is -0.462 e.